The average molecular weight is 481 g/mol. The molecule has 4 aliphatic rings. The number of fused-ring (bicyclic) bond motifs is 5. The van der Waals surface area contributed by atoms with E-state index in [1.807, 2.05) is 13.8 Å². The van der Waals surface area contributed by atoms with Crippen LogP contribution in [0.4, 0.5) is 0 Å². The van der Waals surface area contributed by atoms with Crippen LogP contribution in [0.15, 0.2) is 11.6 Å². The normalized spacial score (nSPS) is 47.2. The number of carbonyl (C=O) groups excluding carboxylic acids is 1. The molecule has 0 aromatic rings. The maximum absolute atomic E-state index is 13.2. The molecule has 3 fully saturated rings. The third-order valence-corrected chi connectivity index (χ3v) is 10.3. The zero-order chi connectivity index (χ0) is 25.5. The van der Waals surface area contributed by atoms with Gasteiger partial charge in [0, 0.05) is 24.2 Å². The van der Waals surface area contributed by atoms with Crippen molar-refractivity contribution in [1.29, 1.82) is 0 Å². The van der Waals surface area contributed by atoms with Crippen LogP contribution >= 0.6 is 0 Å². The van der Waals surface area contributed by atoms with Gasteiger partial charge in [0.15, 0.2) is 5.78 Å². The lowest BCUT2D eigenvalue weighted by Crippen LogP contribution is -2.62. The zero-order valence-corrected chi connectivity index (χ0v) is 21.3. The summed E-state index contributed by atoms with van der Waals surface area (Å²) in [7, 11) is 0. The minimum atomic E-state index is -1.26. The second-order valence-electron chi connectivity index (χ2n) is 13.3. The van der Waals surface area contributed by atoms with Gasteiger partial charge in [0.25, 0.3) is 0 Å². The SMILES string of the molecule is CC(C)(O)C[C@H](O)C[C@](C)(O)[C@@H]1CC[C@]2(O)C3=CC(=O)[C@@H]4C[C@H](O)[C@H](O)C[C@]4(C)[C@H]3CC[C@]12C. The van der Waals surface area contributed by atoms with E-state index in [0.29, 0.717) is 25.7 Å². The van der Waals surface area contributed by atoms with Crippen molar-refractivity contribution in [1.82, 2.24) is 0 Å². The summed E-state index contributed by atoms with van der Waals surface area (Å²) in [6.07, 6.45) is 2.12. The van der Waals surface area contributed by atoms with Gasteiger partial charge in [-0.05, 0) is 88.2 Å². The van der Waals surface area contributed by atoms with Crippen molar-refractivity contribution < 1.29 is 35.4 Å². The number of aliphatic hydroxyl groups excluding tert-OH is 3. The number of hydrogen-bond donors (Lipinski definition) is 6. The van der Waals surface area contributed by atoms with E-state index in [9.17, 15) is 35.4 Å². The largest absolute Gasteiger partial charge is 0.393 e. The van der Waals surface area contributed by atoms with Crippen molar-refractivity contribution in [3.05, 3.63) is 11.6 Å². The molecule has 0 bridgehead atoms. The molecule has 0 radical (unpaired) electrons. The summed E-state index contributed by atoms with van der Waals surface area (Å²) in [5.74, 6) is -0.819. The van der Waals surface area contributed by atoms with Gasteiger partial charge in [0.05, 0.1) is 35.1 Å². The molecule has 0 amide bonds. The van der Waals surface area contributed by atoms with Gasteiger partial charge in [-0.25, -0.2) is 0 Å². The van der Waals surface area contributed by atoms with E-state index in [4.69, 9.17) is 0 Å². The smallest absolute Gasteiger partial charge is 0.159 e. The highest BCUT2D eigenvalue weighted by Crippen LogP contribution is 2.68. The number of aliphatic hydroxyl groups is 6. The Morgan fingerprint density at radius 2 is 1.68 bits per heavy atom. The Bertz CT molecular complexity index is 860. The van der Waals surface area contributed by atoms with Crippen LogP contribution in [0.5, 0.6) is 0 Å². The monoisotopic (exact) mass is 480 g/mol. The van der Waals surface area contributed by atoms with Gasteiger partial charge >= 0.3 is 0 Å². The van der Waals surface area contributed by atoms with Crippen molar-refractivity contribution in [2.24, 2.45) is 28.6 Å². The summed E-state index contributed by atoms with van der Waals surface area (Å²) in [6, 6.07) is 0. The first kappa shape index (κ1) is 26.2. The minimum absolute atomic E-state index is 0.0695. The molecule has 6 N–H and O–H groups in total. The molecule has 194 valence electrons. The van der Waals surface area contributed by atoms with E-state index in [0.717, 1.165) is 12.0 Å². The molecule has 34 heavy (non-hydrogen) atoms. The second-order valence-corrected chi connectivity index (χ2v) is 13.3. The highest BCUT2D eigenvalue weighted by atomic mass is 16.3. The Hall–Kier alpha value is -0.830. The molecule has 0 unspecified atom stereocenters. The Labute approximate surface area is 202 Å². The summed E-state index contributed by atoms with van der Waals surface area (Å²) in [5, 5.41) is 65.1. The molecular weight excluding hydrogens is 436 g/mol. The fourth-order valence-corrected chi connectivity index (χ4v) is 8.64. The van der Waals surface area contributed by atoms with E-state index in [-0.39, 0.29) is 42.8 Å². The molecule has 7 heteroatoms. The van der Waals surface area contributed by atoms with E-state index in [2.05, 4.69) is 0 Å². The summed E-state index contributed by atoms with van der Waals surface area (Å²) in [4.78, 5) is 13.2. The molecule has 0 saturated heterocycles. The predicted octanol–water partition coefficient (Wildman–Crippen LogP) is 1.85. The van der Waals surface area contributed by atoms with Crippen LogP contribution in [0.2, 0.25) is 0 Å². The third-order valence-electron chi connectivity index (χ3n) is 10.3. The first-order valence-electron chi connectivity index (χ1n) is 12.9. The Morgan fingerprint density at radius 1 is 1.03 bits per heavy atom. The summed E-state index contributed by atoms with van der Waals surface area (Å²) in [5.41, 5.74) is -4.04. The number of rotatable bonds is 5. The van der Waals surface area contributed by atoms with Crippen LogP contribution < -0.4 is 0 Å². The van der Waals surface area contributed by atoms with Crippen LogP contribution in [0, 0.1) is 28.6 Å². The zero-order valence-electron chi connectivity index (χ0n) is 21.3. The highest BCUT2D eigenvalue weighted by Gasteiger charge is 2.68. The third kappa shape index (κ3) is 3.91. The van der Waals surface area contributed by atoms with Crippen LogP contribution in [-0.2, 0) is 4.79 Å². The van der Waals surface area contributed by atoms with Gasteiger partial charge in [0.2, 0.25) is 0 Å². The molecule has 10 atom stereocenters. The topological polar surface area (TPSA) is 138 Å². The second kappa shape index (κ2) is 8.09. The van der Waals surface area contributed by atoms with Crippen LogP contribution in [0.1, 0.15) is 86.0 Å². The molecule has 0 aromatic heterocycles. The van der Waals surface area contributed by atoms with Gasteiger partial charge in [-0.2, -0.15) is 0 Å². The average Bonchev–Trinajstić information content (AvgIpc) is 2.95. The van der Waals surface area contributed by atoms with Gasteiger partial charge in [-0.3, -0.25) is 4.79 Å². The van der Waals surface area contributed by atoms with E-state index < -0.39 is 45.9 Å². The van der Waals surface area contributed by atoms with E-state index in [1.165, 1.54) is 0 Å². The number of allylic oxidation sites excluding steroid dienone is 1. The fraction of sp³-hybridized carbons (Fsp3) is 0.889. The summed E-state index contributed by atoms with van der Waals surface area (Å²) in [6.45, 7) is 8.98. The first-order valence-corrected chi connectivity index (χ1v) is 12.9. The van der Waals surface area contributed by atoms with Crippen molar-refractivity contribution in [2.45, 2.75) is 121 Å². The highest BCUT2D eigenvalue weighted by molar-refractivity contribution is 5.95. The molecule has 0 aliphatic heterocycles. The van der Waals surface area contributed by atoms with E-state index >= 15 is 0 Å². The lowest BCUT2D eigenvalue weighted by atomic mass is 9.45. The molecule has 0 spiro atoms. The molecule has 4 rings (SSSR count). The van der Waals surface area contributed by atoms with Crippen LogP contribution in [0.3, 0.4) is 0 Å². The maximum Gasteiger partial charge on any atom is 0.159 e. The van der Waals surface area contributed by atoms with Gasteiger partial charge in [-0.15, -0.1) is 0 Å². The number of carbonyl (C=O) groups is 1. The summed E-state index contributed by atoms with van der Waals surface area (Å²) >= 11 is 0. The van der Waals surface area contributed by atoms with Gasteiger partial charge < -0.3 is 30.6 Å². The Balaban J connectivity index is 1.65. The van der Waals surface area contributed by atoms with Crippen molar-refractivity contribution in [3.8, 4) is 0 Å². The molecule has 0 heterocycles. The van der Waals surface area contributed by atoms with Crippen molar-refractivity contribution >= 4 is 5.78 Å². The Morgan fingerprint density at radius 3 is 2.29 bits per heavy atom. The predicted molar refractivity (Wildman–Crippen MR) is 127 cm³/mol. The molecule has 3 saturated carbocycles. The molecule has 4 aliphatic carbocycles. The standard InChI is InChI=1S/C27H44O7/c1-23(2,32)12-15(28)13-26(5,33)22-7-9-27(34)17-10-19(29)18-11-20(30)21(31)14-24(18,3)16(17)6-8-25(22,27)4/h10,15-16,18,20-22,28,30-34H,6-9,11-14H2,1-5H3/t15-,16-,18-,20-,21+,22+,24+,25+,26-,27-/m0/s1. The van der Waals surface area contributed by atoms with Gasteiger partial charge in [0.1, 0.15) is 0 Å². The molecule has 7 nitrogen and oxygen atoms in total. The van der Waals surface area contributed by atoms with Crippen LogP contribution in [0.25, 0.3) is 0 Å². The molecular formula is C27H44O7. The van der Waals surface area contributed by atoms with Gasteiger partial charge in [-0.1, -0.05) is 13.8 Å². The minimum Gasteiger partial charge on any atom is -0.393 e. The lowest BCUT2D eigenvalue weighted by molar-refractivity contribution is -0.163. The van der Waals surface area contributed by atoms with Crippen molar-refractivity contribution in [2.75, 3.05) is 0 Å². The lowest BCUT2D eigenvalue weighted by Gasteiger charge is -2.60. The van der Waals surface area contributed by atoms with E-state index in [1.54, 1.807) is 26.8 Å². The van der Waals surface area contributed by atoms with Crippen molar-refractivity contribution in [3.63, 3.8) is 0 Å². The first-order chi connectivity index (χ1) is 15.4. The number of hydrogen-bond acceptors (Lipinski definition) is 7. The number of ketones is 1. The Kier molecular flexibility index (Phi) is 6.24. The fourth-order valence-electron chi connectivity index (χ4n) is 8.64. The maximum atomic E-state index is 13.2. The quantitative estimate of drug-likeness (QED) is 0.353. The molecule has 0 aromatic carbocycles. The van der Waals surface area contributed by atoms with Crippen LogP contribution in [-0.4, -0.2) is 71.5 Å². The summed E-state index contributed by atoms with van der Waals surface area (Å²) < 4.78 is 0.